The molecule has 1 aliphatic heterocycles. The highest BCUT2D eigenvalue weighted by atomic mass is 19.1. The van der Waals surface area contributed by atoms with Gasteiger partial charge in [0.1, 0.15) is 11.6 Å². The fourth-order valence-electron chi connectivity index (χ4n) is 2.44. The SMILES string of the molecule is Cc1cc(N)cnc1N1CCc2ccc(F)cc21. The van der Waals surface area contributed by atoms with Gasteiger partial charge < -0.3 is 10.6 Å². The van der Waals surface area contributed by atoms with Crippen molar-refractivity contribution in [1.29, 1.82) is 0 Å². The number of rotatable bonds is 1. The Morgan fingerprint density at radius 1 is 1.33 bits per heavy atom. The quantitative estimate of drug-likeness (QED) is 0.837. The van der Waals surface area contributed by atoms with Gasteiger partial charge in [0.05, 0.1) is 11.9 Å². The summed E-state index contributed by atoms with van der Waals surface area (Å²) in [6, 6.07) is 6.81. The summed E-state index contributed by atoms with van der Waals surface area (Å²) in [6.45, 7) is 2.80. The van der Waals surface area contributed by atoms with Crippen LogP contribution in [-0.4, -0.2) is 11.5 Å². The van der Waals surface area contributed by atoms with Gasteiger partial charge in [0, 0.05) is 12.2 Å². The van der Waals surface area contributed by atoms with Gasteiger partial charge in [-0.05, 0) is 42.7 Å². The summed E-state index contributed by atoms with van der Waals surface area (Å²) in [6.07, 6.45) is 2.56. The fraction of sp³-hybridized carbons (Fsp3) is 0.214. The third-order valence-corrected chi connectivity index (χ3v) is 3.27. The number of nitrogens with two attached hydrogens (primary N) is 1. The molecule has 0 aliphatic carbocycles. The van der Waals surface area contributed by atoms with Crippen molar-refractivity contribution in [3.05, 3.63) is 47.4 Å². The molecule has 0 unspecified atom stereocenters. The second-order valence-electron chi connectivity index (χ2n) is 4.58. The second kappa shape index (κ2) is 3.98. The number of nitrogen functional groups attached to an aromatic ring is 1. The van der Waals surface area contributed by atoms with Crippen molar-refractivity contribution >= 4 is 17.2 Å². The van der Waals surface area contributed by atoms with E-state index in [4.69, 9.17) is 5.73 Å². The molecule has 1 aromatic heterocycles. The zero-order valence-corrected chi connectivity index (χ0v) is 10.2. The number of aryl methyl sites for hydroxylation is 1. The number of hydrogen-bond donors (Lipinski definition) is 1. The van der Waals surface area contributed by atoms with Crippen molar-refractivity contribution in [1.82, 2.24) is 4.98 Å². The smallest absolute Gasteiger partial charge is 0.136 e. The lowest BCUT2D eigenvalue weighted by Crippen LogP contribution is -2.16. The lowest BCUT2D eigenvalue weighted by molar-refractivity contribution is 0.628. The van der Waals surface area contributed by atoms with E-state index in [2.05, 4.69) is 4.98 Å². The first-order chi connectivity index (χ1) is 8.65. The molecule has 1 aliphatic rings. The van der Waals surface area contributed by atoms with Gasteiger partial charge in [-0.3, -0.25) is 0 Å². The Balaban J connectivity index is 2.08. The molecular formula is C14H14FN3. The van der Waals surface area contributed by atoms with E-state index in [0.29, 0.717) is 5.69 Å². The minimum absolute atomic E-state index is 0.214. The van der Waals surface area contributed by atoms with Crippen LogP contribution >= 0.6 is 0 Å². The standard InChI is InChI=1S/C14H14FN3/c1-9-6-12(16)8-17-14(9)18-5-4-10-2-3-11(15)7-13(10)18/h2-3,6-8H,4-5,16H2,1H3. The van der Waals surface area contributed by atoms with Gasteiger partial charge in [-0.1, -0.05) is 6.07 Å². The molecule has 0 atom stereocenters. The van der Waals surface area contributed by atoms with Crippen molar-refractivity contribution in [3.8, 4) is 0 Å². The number of fused-ring (bicyclic) bond motifs is 1. The average Bonchev–Trinajstić information content (AvgIpc) is 2.72. The van der Waals surface area contributed by atoms with Crippen LogP contribution in [0, 0.1) is 12.7 Å². The number of hydrogen-bond acceptors (Lipinski definition) is 3. The van der Waals surface area contributed by atoms with Gasteiger partial charge in [-0.15, -0.1) is 0 Å². The Hall–Kier alpha value is -2.10. The monoisotopic (exact) mass is 243 g/mol. The zero-order chi connectivity index (χ0) is 12.7. The number of benzene rings is 1. The topological polar surface area (TPSA) is 42.1 Å². The molecule has 18 heavy (non-hydrogen) atoms. The predicted molar refractivity (Wildman–Crippen MR) is 70.5 cm³/mol. The van der Waals surface area contributed by atoms with E-state index in [-0.39, 0.29) is 5.82 Å². The Morgan fingerprint density at radius 3 is 2.94 bits per heavy atom. The molecule has 2 aromatic rings. The molecule has 2 N–H and O–H groups in total. The largest absolute Gasteiger partial charge is 0.397 e. The lowest BCUT2D eigenvalue weighted by atomic mass is 10.1. The van der Waals surface area contributed by atoms with Crippen LogP contribution in [0.2, 0.25) is 0 Å². The predicted octanol–water partition coefficient (Wildman–Crippen LogP) is 2.81. The minimum atomic E-state index is -0.214. The molecule has 0 amide bonds. The number of aromatic nitrogens is 1. The average molecular weight is 243 g/mol. The maximum atomic E-state index is 13.3. The van der Waals surface area contributed by atoms with E-state index >= 15 is 0 Å². The molecule has 0 bridgehead atoms. The molecule has 1 aromatic carbocycles. The summed E-state index contributed by atoms with van der Waals surface area (Å²) in [5.41, 5.74) is 9.43. The Bertz CT molecular complexity index is 610. The Morgan fingerprint density at radius 2 is 2.17 bits per heavy atom. The van der Waals surface area contributed by atoms with Crippen LogP contribution < -0.4 is 10.6 Å². The summed E-state index contributed by atoms with van der Waals surface area (Å²) in [4.78, 5) is 6.42. The van der Waals surface area contributed by atoms with E-state index in [0.717, 1.165) is 35.6 Å². The van der Waals surface area contributed by atoms with Gasteiger partial charge in [-0.25, -0.2) is 9.37 Å². The van der Waals surface area contributed by atoms with E-state index in [9.17, 15) is 4.39 Å². The number of nitrogens with zero attached hydrogens (tertiary/aromatic N) is 2. The maximum Gasteiger partial charge on any atom is 0.136 e. The fourth-order valence-corrected chi connectivity index (χ4v) is 2.44. The highest BCUT2D eigenvalue weighted by Crippen LogP contribution is 2.35. The van der Waals surface area contributed by atoms with Crippen molar-refractivity contribution < 1.29 is 4.39 Å². The zero-order valence-electron chi connectivity index (χ0n) is 10.2. The van der Waals surface area contributed by atoms with Crippen molar-refractivity contribution in [2.24, 2.45) is 0 Å². The van der Waals surface area contributed by atoms with Crippen molar-refractivity contribution in [2.45, 2.75) is 13.3 Å². The van der Waals surface area contributed by atoms with Crippen molar-refractivity contribution in [2.75, 3.05) is 17.2 Å². The molecule has 0 radical (unpaired) electrons. The van der Waals surface area contributed by atoms with E-state index < -0.39 is 0 Å². The molecule has 92 valence electrons. The molecular weight excluding hydrogens is 229 g/mol. The van der Waals surface area contributed by atoms with Gasteiger partial charge in [0.15, 0.2) is 0 Å². The summed E-state index contributed by atoms with van der Waals surface area (Å²) < 4.78 is 13.3. The van der Waals surface area contributed by atoms with Crippen LogP contribution in [0.15, 0.2) is 30.5 Å². The van der Waals surface area contributed by atoms with Crippen molar-refractivity contribution in [3.63, 3.8) is 0 Å². The molecule has 0 spiro atoms. The second-order valence-corrected chi connectivity index (χ2v) is 4.58. The van der Waals surface area contributed by atoms with Crippen LogP contribution in [0.25, 0.3) is 0 Å². The number of anilines is 3. The van der Waals surface area contributed by atoms with Crippen LogP contribution in [-0.2, 0) is 6.42 Å². The van der Waals surface area contributed by atoms with E-state index in [1.54, 1.807) is 12.3 Å². The molecule has 0 saturated carbocycles. The summed E-state index contributed by atoms with van der Waals surface area (Å²) in [5, 5.41) is 0. The van der Waals surface area contributed by atoms with Crippen LogP contribution in [0.5, 0.6) is 0 Å². The van der Waals surface area contributed by atoms with E-state index in [1.807, 2.05) is 24.0 Å². The molecule has 4 heteroatoms. The molecule has 0 saturated heterocycles. The highest BCUT2D eigenvalue weighted by molar-refractivity contribution is 5.70. The Labute approximate surface area is 105 Å². The number of halogens is 1. The number of pyridine rings is 1. The third kappa shape index (κ3) is 1.70. The molecule has 0 fully saturated rings. The first-order valence-electron chi connectivity index (χ1n) is 5.93. The summed E-state index contributed by atoms with van der Waals surface area (Å²) in [5.74, 6) is 0.641. The van der Waals surface area contributed by atoms with E-state index in [1.165, 1.54) is 6.07 Å². The Kier molecular flexibility index (Phi) is 2.44. The molecule has 3 rings (SSSR count). The first-order valence-corrected chi connectivity index (χ1v) is 5.93. The highest BCUT2D eigenvalue weighted by Gasteiger charge is 2.23. The summed E-state index contributed by atoms with van der Waals surface area (Å²) >= 11 is 0. The molecule has 3 nitrogen and oxygen atoms in total. The maximum absolute atomic E-state index is 13.3. The molecule has 2 heterocycles. The third-order valence-electron chi connectivity index (χ3n) is 3.27. The summed E-state index contributed by atoms with van der Waals surface area (Å²) in [7, 11) is 0. The minimum Gasteiger partial charge on any atom is -0.397 e. The van der Waals surface area contributed by atoms with Gasteiger partial charge in [-0.2, -0.15) is 0 Å². The van der Waals surface area contributed by atoms with Crippen LogP contribution in [0.4, 0.5) is 21.6 Å². The normalized spacial score (nSPS) is 13.8. The lowest BCUT2D eigenvalue weighted by Gasteiger charge is -2.20. The van der Waals surface area contributed by atoms with Crippen LogP contribution in [0.3, 0.4) is 0 Å². The van der Waals surface area contributed by atoms with Gasteiger partial charge >= 0.3 is 0 Å². The first kappa shape index (κ1) is 11.0. The van der Waals surface area contributed by atoms with Gasteiger partial charge in [0.25, 0.3) is 0 Å². The van der Waals surface area contributed by atoms with Gasteiger partial charge in [0.2, 0.25) is 0 Å². The van der Waals surface area contributed by atoms with Crippen LogP contribution in [0.1, 0.15) is 11.1 Å².